The Hall–Kier alpha value is -3.02. The van der Waals surface area contributed by atoms with Crippen molar-refractivity contribution in [3.63, 3.8) is 0 Å². The summed E-state index contributed by atoms with van der Waals surface area (Å²) < 4.78 is 6.35. The fraction of sp³-hybridized carbons (Fsp3) is 0.115. The van der Waals surface area contributed by atoms with E-state index in [1.54, 1.807) is 30.3 Å². The van der Waals surface area contributed by atoms with Crippen molar-refractivity contribution in [1.29, 1.82) is 0 Å². The minimum atomic E-state index is -0.585. The molecule has 1 heterocycles. The monoisotopic (exact) mass is 507 g/mol. The second-order valence-electron chi connectivity index (χ2n) is 7.50. The molecular formula is C26H19BrClNO3. The van der Waals surface area contributed by atoms with Crippen LogP contribution in [0, 0.1) is 13.8 Å². The second-order valence-corrected chi connectivity index (χ2v) is 8.82. The van der Waals surface area contributed by atoms with Gasteiger partial charge in [-0.3, -0.25) is 4.79 Å². The van der Waals surface area contributed by atoms with Gasteiger partial charge in [0.25, 0.3) is 0 Å². The molecule has 4 rings (SSSR count). The summed E-state index contributed by atoms with van der Waals surface area (Å²) in [5.41, 5.74) is 4.75. The highest BCUT2D eigenvalue weighted by atomic mass is 79.9. The van der Waals surface area contributed by atoms with Crippen LogP contribution in [0.15, 0.2) is 71.2 Å². The van der Waals surface area contributed by atoms with E-state index in [-0.39, 0.29) is 12.4 Å². The van der Waals surface area contributed by atoms with E-state index in [2.05, 4.69) is 15.9 Å². The number of hydrogen-bond acceptors (Lipinski definition) is 4. The highest BCUT2D eigenvalue weighted by molar-refractivity contribution is 9.10. The Morgan fingerprint density at radius 3 is 2.34 bits per heavy atom. The number of carbonyl (C=O) groups excluding carboxylic acids is 2. The van der Waals surface area contributed by atoms with Gasteiger partial charge in [0, 0.05) is 26.0 Å². The maximum absolute atomic E-state index is 13.0. The van der Waals surface area contributed by atoms with Crippen LogP contribution < -0.4 is 0 Å². The average Bonchev–Trinajstić information content (AvgIpc) is 2.80. The first-order valence-electron chi connectivity index (χ1n) is 9.96. The summed E-state index contributed by atoms with van der Waals surface area (Å²) in [5, 5.41) is 1.19. The van der Waals surface area contributed by atoms with E-state index >= 15 is 0 Å². The molecule has 160 valence electrons. The molecule has 0 spiro atoms. The molecule has 0 fully saturated rings. The van der Waals surface area contributed by atoms with Crippen LogP contribution in [-0.2, 0) is 4.74 Å². The van der Waals surface area contributed by atoms with E-state index in [1.165, 1.54) is 0 Å². The maximum Gasteiger partial charge on any atom is 0.339 e. The molecule has 4 aromatic rings. The highest BCUT2D eigenvalue weighted by Crippen LogP contribution is 2.31. The van der Waals surface area contributed by atoms with Crippen LogP contribution in [0.1, 0.15) is 31.8 Å². The molecule has 0 bridgehead atoms. The lowest BCUT2D eigenvalue weighted by atomic mass is 10.0. The molecule has 0 saturated heterocycles. The van der Waals surface area contributed by atoms with Gasteiger partial charge in [0.1, 0.15) is 0 Å². The number of Topliss-reactive ketones (excluding diaryl/α,β-unsaturated/α-hetero) is 1. The number of ether oxygens (including phenoxy) is 1. The Morgan fingerprint density at radius 1 is 0.969 bits per heavy atom. The second kappa shape index (κ2) is 9.23. The number of aryl methyl sites for hydroxylation is 2. The lowest BCUT2D eigenvalue weighted by Gasteiger charge is -2.12. The van der Waals surface area contributed by atoms with Crippen molar-refractivity contribution in [1.82, 2.24) is 4.98 Å². The third-order valence-electron chi connectivity index (χ3n) is 5.24. The number of nitrogens with zero attached hydrogens (tertiary/aromatic N) is 1. The largest absolute Gasteiger partial charge is 0.454 e. The minimum absolute atomic E-state index is 0.260. The van der Waals surface area contributed by atoms with Gasteiger partial charge >= 0.3 is 5.97 Å². The van der Waals surface area contributed by atoms with Gasteiger partial charge in [-0.1, -0.05) is 75.6 Å². The Morgan fingerprint density at radius 2 is 1.66 bits per heavy atom. The molecule has 0 radical (unpaired) electrons. The first kappa shape index (κ1) is 22.2. The molecular weight excluding hydrogens is 490 g/mol. The summed E-state index contributed by atoms with van der Waals surface area (Å²) in [6.07, 6.45) is 0. The van der Waals surface area contributed by atoms with E-state index in [4.69, 9.17) is 21.3 Å². The lowest BCUT2D eigenvalue weighted by Crippen LogP contribution is -2.15. The molecule has 0 aliphatic carbocycles. The molecule has 0 aliphatic rings. The van der Waals surface area contributed by atoms with Gasteiger partial charge in [-0.05, 0) is 43.7 Å². The third-order valence-corrected chi connectivity index (χ3v) is 6.17. The number of halogens is 2. The summed E-state index contributed by atoms with van der Waals surface area (Å²) in [6, 6.07) is 20.0. The van der Waals surface area contributed by atoms with Crippen LogP contribution in [0.25, 0.3) is 22.2 Å². The van der Waals surface area contributed by atoms with Gasteiger partial charge in [-0.2, -0.15) is 0 Å². The molecule has 4 nitrogen and oxygen atoms in total. The predicted molar refractivity (Wildman–Crippen MR) is 130 cm³/mol. The molecule has 3 aromatic carbocycles. The third kappa shape index (κ3) is 4.59. The Bertz CT molecular complexity index is 1330. The number of esters is 1. The van der Waals surface area contributed by atoms with E-state index in [1.807, 2.05) is 50.2 Å². The first-order valence-corrected chi connectivity index (χ1v) is 11.1. The van der Waals surface area contributed by atoms with Crippen molar-refractivity contribution in [2.45, 2.75) is 13.8 Å². The van der Waals surface area contributed by atoms with Gasteiger partial charge in [0.05, 0.1) is 16.8 Å². The number of carbonyl (C=O) groups is 2. The van der Waals surface area contributed by atoms with Gasteiger partial charge in [0.2, 0.25) is 0 Å². The maximum atomic E-state index is 13.0. The standard InChI is InChI=1S/C26H19BrClNO3/c1-15-3-5-18(6-4-15)24(30)14-32-26(31)21-13-23(17-7-9-19(27)10-8-17)29-25-16(2)22(28)12-11-20(21)25/h3-13H,14H2,1-2H3. The van der Waals surface area contributed by atoms with Crippen LogP contribution >= 0.6 is 27.5 Å². The molecule has 0 unspecified atom stereocenters. The highest BCUT2D eigenvalue weighted by Gasteiger charge is 2.19. The van der Waals surface area contributed by atoms with Gasteiger partial charge < -0.3 is 4.74 Å². The van der Waals surface area contributed by atoms with Crippen molar-refractivity contribution < 1.29 is 14.3 Å². The number of fused-ring (bicyclic) bond motifs is 1. The SMILES string of the molecule is Cc1ccc(C(=O)COC(=O)c2cc(-c3ccc(Br)cc3)nc3c(C)c(Cl)ccc23)cc1. The summed E-state index contributed by atoms with van der Waals surface area (Å²) in [5.74, 6) is -0.845. The predicted octanol–water partition coefficient (Wildman–Crippen LogP) is 6.97. The van der Waals surface area contributed by atoms with E-state index < -0.39 is 5.97 Å². The number of aromatic nitrogens is 1. The summed E-state index contributed by atoms with van der Waals surface area (Å²) >= 11 is 9.74. The number of ketones is 1. The minimum Gasteiger partial charge on any atom is -0.454 e. The van der Waals surface area contributed by atoms with Crippen LogP contribution in [0.3, 0.4) is 0 Å². The summed E-state index contributed by atoms with van der Waals surface area (Å²) in [4.78, 5) is 30.3. The van der Waals surface area contributed by atoms with E-state index in [9.17, 15) is 9.59 Å². The van der Waals surface area contributed by atoms with E-state index in [0.717, 1.165) is 21.2 Å². The number of hydrogen-bond donors (Lipinski definition) is 0. The Labute approximate surface area is 199 Å². The van der Waals surface area contributed by atoms with Crippen LogP contribution in [0.4, 0.5) is 0 Å². The fourth-order valence-corrected chi connectivity index (χ4v) is 3.79. The molecule has 0 amide bonds. The molecule has 32 heavy (non-hydrogen) atoms. The molecule has 0 atom stereocenters. The topological polar surface area (TPSA) is 56.3 Å². The summed E-state index contributed by atoms with van der Waals surface area (Å²) in [6.45, 7) is 3.46. The van der Waals surface area contributed by atoms with Gasteiger partial charge in [-0.15, -0.1) is 0 Å². The normalized spacial score (nSPS) is 10.9. The van der Waals surface area contributed by atoms with Crippen LogP contribution in [-0.4, -0.2) is 23.3 Å². The molecule has 6 heteroatoms. The van der Waals surface area contributed by atoms with Crippen molar-refractivity contribution in [3.8, 4) is 11.3 Å². The van der Waals surface area contributed by atoms with Crippen molar-refractivity contribution in [3.05, 3.63) is 98.5 Å². The molecule has 0 N–H and O–H groups in total. The fourth-order valence-electron chi connectivity index (χ4n) is 3.37. The Balaban J connectivity index is 1.70. The summed E-state index contributed by atoms with van der Waals surface area (Å²) in [7, 11) is 0. The van der Waals surface area contributed by atoms with Crippen LogP contribution in [0.2, 0.25) is 5.02 Å². The van der Waals surface area contributed by atoms with E-state index in [0.29, 0.717) is 32.7 Å². The zero-order chi connectivity index (χ0) is 22.8. The number of rotatable bonds is 5. The number of benzene rings is 3. The smallest absolute Gasteiger partial charge is 0.339 e. The Kier molecular flexibility index (Phi) is 6.40. The zero-order valence-corrected chi connectivity index (χ0v) is 19.8. The van der Waals surface area contributed by atoms with Crippen molar-refractivity contribution >= 4 is 50.2 Å². The first-order chi connectivity index (χ1) is 15.3. The van der Waals surface area contributed by atoms with Gasteiger partial charge in [0.15, 0.2) is 12.4 Å². The van der Waals surface area contributed by atoms with Crippen molar-refractivity contribution in [2.75, 3.05) is 6.61 Å². The zero-order valence-electron chi connectivity index (χ0n) is 17.5. The quantitative estimate of drug-likeness (QED) is 0.216. The number of pyridine rings is 1. The lowest BCUT2D eigenvalue weighted by molar-refractivity contribution is 0.0476. The van der Waals surface area contributed by atoms with Crippen molar-refractivity contribution in [2.24, 2.45) is 0 Å². The molecule has 1 aromatic heterocycles. The average molecular weight is 509 g/mol. The molecule has 0 saturated carbocycles. The van der Waals surface area contributed by atoms with Crippen LogP contribution in [0.5, 0.6) is 0 Å². The molecule has 0 aliphatic heterocycles. The van der Waals surface area contributed by atoms with Gasteiger partial charge in [-0.25, -0.2) is 9.78 Å².